The summed E-state index contributed by atoms with van der Waals surface area (Å²) in [7, 11) is 1.92. The zero-order chi connectivity index (χ0) is 13.7. The molecule has 1 aromatic carbocycles. The molecule has 0 aliphatic carbocycles. The SMILES string of the molecule is CNCC1CN(Cc2ccc([N+](=O)[O-])cc2)CCO1. The summed E-state index contributed by atoms with van der Waals surface area (Å²) in [6.07, 6.45) is 0.219. The number of hydrogen-bond donors (Lipinski definition) is 1. The van der Waals surface area contributed by atoms with E-state index in [4.69, 9.17) is 4.74 Å². The fourth-order valence-electron chi connectivity index (χ4n) is 2.26. The van der Waals surface area contributed by atoms with Crippen LogP contribution in [0.4, 0.5) is 5.69 Å². The molecule has 1 aliphatic rings. The van der Waals surface area contributed by atoms with E-state index in [1.807, 2.05) is 19.2 Å². The summed E-state index contributed by atoms with van der Waals surface area (Å²) in [4.78, 5) is 12.5. The average Bonchev–Trinajstić information content (AvgIpc) is 2.40. The highest BCUT2D eigenvalue weighted by molar-refractivity contribution is 5.32. The Bertz CT molecular complexity index is 420. The molecule has 1 N–H and O–H groups in total. The third-order valence-corrected chi connectivity index (χ3v) is 3.21. The van der Waals surface area contributed by atoms with Crippen molar-refractivity contribution < 1.29 is 9.66 Å². The zero-order valence-electron chi connectivity index (χ0n) is 11.0. The van der Waals surface area contributed by atoms with Crippen LogP contribution >= 0.6 is 0 Å². The van der Waals surface area contributed by atoms with Gasteiger partial charge < -0.3 is 10.1 Å². The summed E-state index contributed by atoms with van der Waals surface area (Å²) in [5.41, 5.74) is 1.23. The number of nitro groups is 1. The minimum atomic E-state index is -0.374. The molecule has 0 radical (unpaired) electrons. The minimum absolute atomic E-state index is 0.138. The lowest BCUT2D eigenvalue weighted by Gasteiger charge is -2.32. The number of likely N-dealkylation sites (N-methyl/N-ethyl adjacent to an activating group) is 1. The van der Waals surface area contributed by atoms with Crippen molar-refractivity contribution in [1.29, 1.82) is 0 Å². The number of rotatable bonds is 5. The topological polar surface area (TPSA) is 67.6 Å². The second kappa shape index (κ2) is 6.60. The number of morpholine rings is 1. The first kappa shape index (κ1) is 13.9. The predicted octanol–water partition coefficient (Wildman–Crippen LogP) is 1.01. The standard InChI is InChI=1S/C13H19N3O3/c1-14-8-13-10-15(6-7-19-13)9-11-2-4-12(5-3-11)16(17)18/h2-5,13-14H,6-10H2,1H3. The van der Waals surface area contributed by atoms with Gasteiger partial charge in [0, 0.05) is 38.3 Å². The van der Waals surface area contributed by atoms with Gasteiger partial charge in [0.2, 0.25) is 0 Å². The normalized spacial score (nSPS) is 20.4. The number of nitrogens with one attached hydrogen (secondary N) is 1. The maximum Gasteiger partial charge on any atom is 0.269 e. The Morgan fingerprint density at radius 1 is 1.47 bits per heavy atom. The molecule has 19 heavy (non-hydrogen) atoms. The number of hydrogen-bond acceptors (Lipinski definition) is 5. The van der Waals surface area contributed by atoms with E-state index in [0.29, 0.717) is 0 Å². The summed E-state index contributed by atoms with van der Waals surface area (Å²) < 4.78 is 5.64. The molecule has 1 unspecified atom stereocenters. The monoisotopic (exact) mass is 265 g/mol. The van der Waals surface area contributed by atoms with Gasteiger partial charge in [-0.1, -0.05) is 12.1 Å². The van der Waals surface area contributed by atoms with Crippen LogP contribution in [0.1, 0.15) is 5.56 Å². The molecule has 6 nitrogen and oxygen atoms in total. The fourth-order valence-corrected chi connectivity index (χ4v) is 2.26. The highest BCUT2D eigenvalue weighted by Crippen LogP contribution is 2.15. The van der Waals surface area contributed by atoms with E-state index in [0.717, 1.165) is 38.3 Å². The van der Waals surface area contributed by atoms with Crippen molar-refractivity contribution in [1.82, 2.24) is 10.2 Å². The Balaban J connectivity index is 1.91. The van der Waals surface area contributed by atoms with E-state index in [9.17, 15) is 10.1 Å². The molecule has 1 heterocycles. The van der Waals surface area contributed by atoms with E-state index in [1.165, 1.54) is 0 Å². The van der Waals surface area contributed by atoms with Gasteiger partial charge in [0.05, 0.1) is 17.6 Å². The molecule has 0 amide bonds. The smallest absolute Gasteiger partial charge is 0.269 e. The van der Waals surface area contributed by atoms with Gasteiger partial charge in [-0.15, -0.1) is 0 Å². The lowest BCUT2D eigenvalue weighted by atomic mass is 10.1. The number of non-ortho nitro benzene ring substituents is 1. The molecule has 1 fully saturated rings. The number of nitro benzene ring substituents is 1. The van der Waals surface area contributed by atoms with Crippen LogP contribution < -0.4 is 5.32 Å². The molecular formula is C13H19N3O3. The molecule has 0 bridgehead atoms. The molecule has 1 aromatic rings. The van der Waals surface area contributed by atoms with Crippen molar-refractivity contribution in [3.05, 3.63) is 39.9 Å². The fraction of sp³-hybridized carbons (Fsp3) is 0.538. The lowest BCUT2D eigenvalue weighted by Crippen LogP contribution is -2.45. The average molecular weight is 265 g/mol. The lowest BCUT2D eigenvalue weighted by molar-refractivity contribution is -0.384. The summed E-state index contributed by atoms with van der Waals surface area (Å²) in [5.74, 6) is 0. The third-order valence-electron chi connectivity index (χ3n) is 3.21. The van der Waals surface area contributed by atoms with Crippen LogP contribution in [0.2, 0.25) is 0 Å². The van der Waals surface area contributed by atoms with E-state index in [1.54, 1.807) is 12.1 Å². The van der Waals surface area contributed by atoms with Gasteiger partial charge in [-0.05, 0) is 12.6 Å². The molecule has 0 spiro atoms. The van der Waals surface area contributed by atoms with Gasteiger partial charge in [0.1, 0.15) is 0 Å². The van der Waals surface area contributed by atoms with Crippen molar-refractivity contribution in [2.75, 3.05) is 33.3 Å². The first-order valence-electron chi connectivity index (χ1n) is 6.41. The molecule has 6 heteroatoms. The van der Waals surface area contributed by atoms with Gasteiger partial charge in [-0.2, -0.15) is 0 Å². The van der Waals surface area contributed by atoms with E-state index < -0.39 is 0 Å². The minimum Gasteiger partial charge on any atom is -0.374 e. The van der Waals surface area contributed by atoms with Crippen LogP contribution in [0.15, 0.2) is 24.3 Å². The highest BCUT2D eigenvalue weighted by Gasteiger charge is 2.19. The molecule has 0 saturated carbocycles. The van der Waals surface area contributed by atoms with Crippen molar-refractivity contribution in [3.63, 3.8) is 0 Å². The third kappa shape index (κ3) is 3.99. The summed E-state index contributed by atoms with van der Waals surface area (Å²) >= 11 is 0. The Labute approximate surface area is 112 Å². The highest BCUT2D eigenvalue weighted by atomic mass is 16.6. The Kier molecular flexibility index (Phi) is 4.84. The van der Waals surface area contributed by atoms with Gasteiger partial charge in [0.15, 0.2) is 0 Å². The van der Waals surface area contributed by atoms with Crippen LogP contribution in [0.3, 0.4) is 0 Å². The van der Waals surface area contributed by atoms with Crippen LogP contribution in [-0.4, -0.2) is 49.2 Å². The first-order chi connectivity index (χ1) is 9.19. The van der Waals surface area contributed by atoms with Gasteiger partial charge in [-0.3, -0.25) is 15.0 Å². The van der Waals surface area contributed by atoms with Crippen molar-refractivity contribution in [2.45, 2.75) is 12.6 Å². The first-order valence-corrected chi connectivity index (χ1v) is 6.41. The summed E-state index contributed by atoms with van der Waals surface area (Å²) in [6.45, 7) is 4.17. The Morgan fingerprint density at radius 2 is 2.21 bits per heavy atom. The second-order valence-corrected chi connectivity index (χ2v) is 4.71. The maximum absolute atomic E-state index is 10.6. The zero-order valence-corrected chi connectivity index (χ0v) is 11.0. The van der Waals surface area contributed by atoms with Crippen LogP contribution in [-0.2, 0) is 11.3 Å². The molecule has 1 aliphatic heterocycles. The van der Waals surface area contributed by atoms with Crippen LogP contribution in [0.25, 0.3) is 0 Å². The summed E-state index contributed by atoms with van der Waals surface area (Å²) in [6, 6.07) is 6.75. The number of benzene rings is 1. The van der Waals surface area contributed by atoms with E-state index >= 15 is 0 Å². The van der Waals surface area contributed by atoms with Crippen molar-refractivity contribution >= 4 is 5.69 Å². The Hall–Kier alpha value is -1.50. The van der Waals surface area contributed by atoms with Crippen molar-refractivity contribution in [3.8, 4) is 0 Å². The quantitative estimate of drug-likeness (QED) is 0.636. The molecule has 104 valence electrons. The second-order valence-electron chi connectivity index (χ2n) is 4.71. The number of ether oxygens (including phenoxy) is 1. The molecule has 2 rings (SSSR count). The van der Waals surface area contributed by atoms with Crippen molar-refractivity contribution in [2.24, 2.45) is 0 Å². The predicted molar refractivity (Wildman–Crippen MR) is 72.0 cm³/mol. The van der Waals surface area contributed by atoms with Gasteiger partial charge in [-0.25, -0.2) is 0 Å². The van der Waals surface area contributed by atoms with Gasteiger partial charge in [0.25, 0.3) is 5.69 Å². The number of nitrogens with zero attached hydrogens (tertiary/aromatic N) is 2. The largest absolute Gasteiger partial charge is 0.374 e. The van der Waals surface area contributed by atoms with E-state index in [2.05, 4.69) is 10.2 Å². The Morgan fingerprint density at radius 3 is 2.84 bits per heavy atom. The van der Waals surface area contributed by atoms with Crippen LogP contribution in [0.5, 0.6) is 0 Å². The van der Waals surface area contributed by atoms with E-state index in [-0.39, 0.29) is 16.7 Å². The molecular weight excluding hydrogens is 246 g/mol. The maximum atomic E-state index is 10.6. The molecule has 0 aromatic heterocycles. The van der Waals surface area contributed by atoms with Crippen LogP contribution in [0, 0.1) is 10.1 Å². The summed E-state index contributed by atoms with van der Waals surface area (Å²) in [5, 5.41) is 13.7. The molecule has 1 atom stereocenters. The van der Waals surface area contributed by atoms with Gasteiger partial charge >= 0.3 is 0 Å². The molecule has 1 saturated heterocycles.